The molecule has 34 heavy (non-hydrogen) atoms. The fourth-order valence-electron chi connectivity index (χ4n) is 5.84. The fourth-order valence-corrected chi connectivity index (χ4v) is 5.84. The number of hydrogen-bond acceptors (Lipinski definition) is 5. The minimum atomic E-state index is -0.993. The third-order valence-electron chi connectivity index (χ3n) is 7.55. The lowest BCUT2D eigenvalue weighted by Gasteiger charge is -2.49. The summed E-state index contributed by atoms with van der Waals surface area (Å²) >= 11 is 0. The average Bonchev–Trinajstić information content (AvgIpc) is 2.91. The highest BCUT2D eigenvalue weighted by Crippen LogP contribution is 2.42. The van der Waals surface area contributed by atoms with Gasteiger partial charge in [-0.25, -0.2) is 0 Å². The first-order chi connectivity index (χ1) is 16.6. The molecule has 184 valence electrons. The summed E-state index contributed by atoms with van der Waals surface area (Å²) in [6.45, 7) is 6.11. The van der Waals surface area contributed by atoms with E-state index in [-0.39, 0.29) is 5.91 Å². The molecule has 1 unspecified atom stereocenters. The standard InChI is InChI=1S/C28H39N3O3/c1-4-29-27(32)28(22-14-16-24(33-2)17-15-22,25-12-8-9-13-26(25)34-3)31-20-18-30(19-21-31)23-10-6-5-7-11-23/h8-9,12-17,23H,4-7,10-11,18-21H2,1-3H3,(H,29,32). The van der Waals surface area contributed by atoms with Gasteiger partial charge in [0, 0.05) is 44.3 Å². The summed E-state index contributed by atoms with van der Waals surface area (Å²) in [5, 5.41) is 3.15. The number of amides is 1. The highest BCUT2D eigenvalue weighted by atomic mass is 16.5. The summed E-state index contributed by atoms with van der Waals surface area (Å²) in [5.74, 6) is 1.48. The zero-order chi connectivity index (χ0) is 24.0. The number of rotatable bonds is 8. The Labute approximate surface area is 204 Å². The van der Waals surface area contributed by atoms with Gasteiger partial charge in [-0.3, -0.25) is 14.6 Å². The van der Waals surface area contributed by atoms with Gasteiger partial charge in [-0.15, -0.1) is 0 Å². The molecular formula is C28H39N3O3. The normalized spacial score (nSPS) is 19.9. The second-order valence-electron chi connectivity index (χ2n) is 9.31. The number of benzene rings is 2. The number of hydrogen-bond donors (Lipinski definition) is 1. The monoisotopic (exact) mass is 465 g/mol. The molecule has 1 aliphatic carbocycles. The Balaban J connectivity index is 1.78. The Morgan fingerprint density at radius 2 is 1.62 bits per heavy atom. The number of methoxy groups -OCH3 is 2. The van der Waals surface area contributed by atoms with Gasteiger partial charge in [0.15, 0.2) is 5.54 Å². The van der Waals surface area contributed by atoms with Crippen molar-refractivity contribution in [2.24, 2.45) is 0 Å². The van der Waals surface area contributed by atoms with Crippen molar-refractivity contribution in [1.29, 1.82) is 0 Å². The highest BCUT2D eigenvalue weighted by Gasteiger charge is 2.50. The lowest BCUT2D eigenvalue weighted by molar-refractivity contribution is -0.133. The van der Waals surface area contributed by atoms with Crippen LogP contribution in [0.2, 0.25) is 0 Å². The van der Waals surface area contributed by atoms with Gasteiger partial charge in [-0.2, -0.15) is 0 Å². The Morgan fingerprint density at radius 1 is 0.941 bits per heavy atom. The molecule has 1 amide bonds. The number of carbonyl (C=O) groups is 1. The van der Waals surface area contributed by atoms with Crippen molar-refractivity contribution >= 4 is 5.91 Å². The van der Waals surface area contributed by atoms with Crippen LogP contribution in [0.5, 0.6) is 11.5 Å². The van der Waals surface area contributed by atoms with Crippen molar-refractivity contribution in [3.8, 4) is 11.5 Å². The SMILES string of the molecule is CCNC(=O)C(c1ccc(OC)cc1)(c1ccccc1OC)N1CCN(C2CCCCC2)CC1. The second kappa shape index (κ2) is 11.2. The number of nitrogens with zero attached hydrogens (tertiary/aromatic N) is 2. The fraction of sp³-hybridized carbons (Fsp3) is 0.536. The molecule has 6 heteroatoms. The molecule has 0 spiro atoms. The van der Waals surface area contributed by atoms with Gasteiger partial charge >= 0.3 is 0 Å². The van der Waals surface area contributed by atoms with E-state index in [9.17, 15) is 4.79 Å². The van der Waals surface area contributed by atoms with E-state index in [4.69, 9.17) is 9.47 Å². The first-order valence-corrected chi connectivity index (χ1v) is 12.7. The topological polar surface area (TPSA) is 54.0 Å². The van der Waals surface area contributed by atoms with Crippen molar-refractivity contribution in [3.63, 3.8) is 0 Å². The molecule has 0 radical (unpaired) electrons. The average molecular weight is 466 g/mol. The molecule has 2 aromatic carbocycles. The number of piperazine rings is 1. The van der Waals surface area contributed by atoms with Crippen molar-refractivity contribution in [2.45, 2.75) is 50.6 Å². The molecule has 0 bridgehead atoms. The van der Waals surface area contributed by atoms with Crippen LogP contribution in [0, 0.1) is 0 Å². The molecule has 2 aliphatic rings. The largest absolute Gasteiger partial charge is 0.497 e. The van der Waals surface area contributed by atoms with Gasteiger partial charge in [0.05, 0.1) is 14.2 Å². The van der Waals surface area contributed by atoms with Gasteiger partial charge in [-0.1, -0.05) is 49.6 Å². The van der Waals surface area contributed by atoms with Gasteiger partial charge in [0.25, 0.3) is 0 Å². The Hall–Kier alpha value is -2.57. The van der Waals surface area contributed by atoms with Gasteiger partial charge < -0.3 is 14.8 Å². The van der Waals surface area contributed by atoms with Crippen LogP contribution in [0.3, 0.4) is 0 Å². The molecule has 0 aromatic heterocycles. The summed E-state index contributed by atoms with van der Waals surface area (Å²) < 4.78 is 11.2. The summed E-state index contributed by atoms with van der Waals surface area (Å²) in [5.41, 5.74) is 0.808. The maximum atomic E-state index is 14.1. The number of para-hydroxylation sites is 1. The maximum Gasteiger partial charge on any atom is 0.249 e. The zero-order valence-corrected chi connectivity index (χ0v) is 20.9. The lowest BCUT2D eigenvalue weighted by atomic mass is 9.78. The molecular weight excluding hydrogens is 426 g/mol. The first kappa shape index (κ1) is 24.6. The molecule has 1 heterocycles. The van der Waals surface area contributed by atoms with E-state index in [1.165, 1.54) is 32.1 Å². The Kier molecular flexibility index (Phi) is 8.11. The molecule has 1 saturated carbocycles. The molecule has 4 rings (SSSR count). The quantitative estimate of drug-likeness (QED) is 0.638. The van der Waals surface area contributed by atoms with Crippen molar-refractivity contribution in [2.75, 3.05) is 46.9 Å². The maximum absolute atomic E-state index is 14.1. The molecule has 2 aromatic rings. The number of nitrogens with one attached hydrogen (secondary N) is 1. The van der Waals surface area contributed by atoms with Crippen LogP contribution in [-0.2, 0) is 10.3 Å². The summed E-state index contributed by atoms with van der Waals surface area (Å²) in [6.07, 6.45) is 6.63. The predicted molar refractivity (Wildman–Crippen MR) is 135 cm³/mol. The Morgan fingerprint density at radius 3 is 2.24 bits per heavy atom. The van der Waals surface area contributed by atoms with E-state index >= 15 is 0 Å². The van der Waals surface area contributed by atoms with E-state index in [0.29, 0.717) is 12.6 Å². The van der Waals surface area contributed by atoms with Crippen molar-refractivity contribution in [3.05, 3.63) is 59.7 Å². The summed E-state index contributed by atoms with van der Waals surface area (Å²) in [6, 6.07) is 16.5. The van der Waals surface area contributed by atoms with E-state index in [1.54, 1.807) is 14.2 Å². The molecule has 1 saturated heterocycles. The zero-order valence-electron chi connectivity index (χ0n) is 20.9. The minimum Gasteiger partial charge on any atom is -0.497 e. The van der Waals surface area contributed by atoms with Crippen LogP contribution in [0.15, 0.2) is 48.5 Å². The van der Waals surface area contributed by atoms with Gasteiger partial charge in [0.2, 0.25) is 5.91 Å². The molecule has 1 atom stereocenters. The molecule has 2 fully saturated rings. The number of carbonyl (C=O) groups excluding carboxylic acids is 1. The van der Waals surface area contributed by atoms with Crippen molar-refractivity contribution in [1.82, 2.24) is 15.1 Å². The third kappa shape index (κ3) is 4.66. The lowest BCUT2D eigenvalue weighted by Crippen LogP contribution is -2.63. The van der Waals surface area contributed by atoms with E-state index in [1.807, 2.05) is 55.5 Å². The molecule has 1 aliphatic heterocycles. The number of ether oxygens (including phenoxy) is 2. The molecule has 1 N–H and O–H groups in total. The van der Waals surface area contributed by atoms with Gasteiger partial charge in [-0.05, 0) is 43.5 Å². The van der Waals surface area contributed by atoms with E-state index in [2.05, 4.69) is 15.1 Å². The van der Waals surface area contributed by atoms with Crippen LogP contribution in [0.1, 0.15) is 50.2 Å². The molecule has 6 nitrogen and oxygen atoms in total. The number of likely N-dealkylation sites (N-methyl/N-ethyl adjacent to an activating group) is 1. The van der Waals surface area contributed by atoms with Crippen molar-refractivity contribution < 1.29 is 14.3 Å². The van der Waals surface area contributed by atoms with Crippen LogP contribution in [0.4, 0.5) is 0 Å². The first-order valence-electron chi connectivity index (χ1n) is 12.7. The Bertz CT molecular complexity index is 934. The van der Waals surface area contributed by atoms with Crippen LogP contribution in [0.25, 0.3) is 0 Å². The third-order valence-corrected chi connectivity index (χ3v) is 7.55. The highest BCUT2D eigenvalue weighted by molar-refractivity contribution is 5.92. The summed E-state index contributed by atoms with van der Waals surface area (Å²) in [7, 11) is 3.34. The van der Waals surface area contributed by atoms with E-state index < -0.39 is 5.54 Å². The smallest absolute Gasteiger partial charge is 0.249 e. The van der Waals surface area contributed by atoms with Crippen LogP contribution < -0.4 is 14.8 Å². The summed E-state index contributed by atoms with van der Waals surface area (Å²) in [4.78, 5) is 19.1. The van der Waals surface area contributed by atoms with Gasteiger partial charge in [0.1, 0.15) is 11.5 Å². The van der Waals surface area contributed by atoms with Crippen LogP contribution >= 0.6 is 0 Å². The van der Waals surface area contributed by atoms with Crippen LogP contribution in [-0.4, -0.2) is 68.7 Å². The van der Waals surface area contributed by atoms with E-state index in [0.717, 1.165) is 48.8 Å². The minimum absolute atomic E-state index is 0.0178. The predicted octanol–water partition coefficient (Wildman–Crippen LogP) is 4.03. The second-order valence-corrected chi connectivity index (χ2v) is 9.31.